The molecule has 0 aromatic heterocycles. The highest BCUT2D eigenvalue weighted by molar-refractivity contribution is 7.80. The van der Waals surface area contributed by atoms with Gasteiger partial charge < -0.3 is 15.5 Å². The van der Waals surface area contributed by atoms with E-state index >= 15 is 0 Å². The minimum atomic E-state index is -0.344. The summed E-state index contributed by atoms with van der Waals surface area (Å²) in [6.07, 6.45) is 3.06. The Bertz CT molecular complexity index is 399. The molecule has 2 rings (SSSR count). The molecule has 5 nitrogen and oxygen atoms in total. The molecule has 0 saturated carbocycles. The Kier molecular flexibility index (Phi) is 4.39. The number of nitrogens with zero attached hydrogens (tertiary/aromatic N) is 2. The fourth-order valence-electron chi connectivity index (χ4n) is 2.96. The predicted octanol–water partition coefficient (Wildman–Crippen LogP) is 0.522. The molecule has 2 atom stereocenters. The van der Waals surface area contributed by atoms with Crippen molar-refractivity contribution < 1.29 is 9.59 Å². The number of carbonyl (C=O) groups excluding carboxylic acids is 2. The van der Waals surface area contributed by atoms with Crippen LogP contribution in [0.25, 0.3) is 0 Å². The summed E-state index contributed by atoms with van der Waals surface area (Å²) in [6.45, 7) is 3.90. The molecule has 2 aliphatic rings. The van der Waals surface area contributed by atoms with Crippen molar-refractivity contribution in [3.05, 3.63) is 0 Å². The largest absolute Gasteiger partial charge is 0.393 e. The van der Waals surface area contributed by atoms with Crippen molar-refractivity contribution in [2.75, 3.05) is 19.6 Å². The summed E-state index contributed by atoms with van der Waals surface area (Å²) in [4.78, 5) is 28.1. The minimum absolute atomic E-state index is 0.0355. The lowest BCUT2D eigenvalue weighted by atomic mass is 10.0. The van der Waals surface area contributed by atoms with Crippen LogP contribution in [0.3, 0.4) is 0 Å². The number of hydrogen-bond donors (Lipinski definition) is 1. The maximum Gasteiger partial charge on any atom is 0.232 e. The van der Waals surface area contributed by atoms with Crippen molar-refractivity contribution in [1.82, 2.24) is 9.80 Å². The quantitative estimate of drug-likeness (QED) is 0.764. The highest BCUT2D eigenvalue weighted by atomic mass is 32.1. The number of amides is 2. The molecule has 0 aromatic rings. The second kappa shape index (κ2) is 5.86. The number of carbonyl (C=O) groups is 2. The highest BCUT2D eigenvalue weighted by Crippen LogP contribution is 2.24. The molecule has 2 N–H and O–H groups in total. The standard InChI is InChI=1S/C13H21N3O2S/c1-2-3-10(12(14)19)13(18)15-6-7-16-9(8-15)4-5-11(16)17/h9-10H,2-8H2,1H3,(H2,14,19). The van der Waals surface area contributed by atoms with Crippen LogP contribution in [0.15, 0.2) is 0 Å². The molecular formula is C13H21N3O2S. The van der Waals surface area contributed by atoms with Crippen LogP contribution in [0, 0.1) is 5.92 Å². The van der Waals surface area contributed by atoms with Gasteiger partial charge in [0.25, 0.3) is 0 Å². The van der Waals surface area contributed by atoms with Crippen LogP contribution in [0.1, 0.15) is 32.6 Å². The molecule has 2 fully saturated rings. The average molecular weight is 283 g/mol. The maximum absolute atomic E-state index is 12.5. The van der Waals surface area contributed by atoms with Crippen LogP contribution < -0.4 is 5.73 Å². The molecule has 2 saturated heterocycles. The van der Waals surface area contributed by atoms with E-state index in [9.17, 15) is 9.59 Å². The molecule has 2 aliphatic heterocycles. The Morgan fingerprint density at radius 1 is 1.53 bits per heavy atom. The summed E-state index contributed by atoms with van der Waals surface area (Å²) in [5.74, 6) is -0.0893. The van der Waals surface area contributed by atoms with Crippen LogP contribution in [-0.2, 0) is 9.59 Å². The minimum Gasteiger partial charge on any atom is -0.393 e. The Morgan fingerprint density at radius 3 is 2.89 bits per heavy atom. The van der Waals surface area contributed by atoms with E-state index in [0.717, 1.165) is 12.8 Å². The smallest absolute Gasteiger partial charge is 0.232 e. The van der Waals surface area contributed by atoms with Gasteiger partial charge in [-0.25, -0.2) is 0 Å². The summed E-state index contributed by atoms with van der Waals surface area (Å²) in [5.41, 5.74) is 5.68. The lowest BCUT2D eigenvalue weighted by Gasteiger charge is -2.38. The zero-order valence-corrected chi connectivity index (χ0v) is 12.1. The van der Waals surface area contributed by atoms with Gasteiger partial charge in [0, 0.05) is 32.1 Å². The average Bonchev–Trinajstić information content (AvgIpc) is 2.76. The molecule has 0 bridgehead atoms. The third-order valence-corrected chi connectivity index (χ3v) is 4.31. The number of fused-ring (bicyclic) bond motifs is 1. The summed E-state index contributed by atoms with van der Waals surface area (Å²) in [7, 11) is 0. The Hall–Kier alpha value is -1.17. The van der Waals surface area contributed by atoms with Gasteiger partial charge in [0.15, 0.2) is 0 Å². The molecule has 19 heavy (non-hydrogen) atoms. The molecule has 106 valence electrons. The van der Waals surface area contributed by atoms with E-state index < -0.39 is 0 Å². The number of piperazine rings is 1. The lowest BCUT2D eigenvalue weighted by molar-refractivity contribution is -0.140. The second-order valence-electron chi connectivity index (χ2n) is 5.31. The van der Waals surface area contributed by atoms with Crippen LogP contribution in [0.5, 0.6) is 0 Å². The Balaban J connectivity index is 2.00. The summed E-state index contributed by atoms with van der Waals surface area (Å²) in [5, 5.41) is 0. The number of nitrogens with two attached hydrogens (primary N) is 1. The number of rotatable bonds is 4. The van der Waals surface area contributed by atoms with E-state index in [1.54, 1.807) is 0 Å². The molecular weight excluding hydrogens is 262 g/mol. The topological polar surface area (TPSA) is 66.6 Å². The Labute approximate surface area is 119 Å². The van der Waals surface area contributed by atoms with Crippen LogP contribution in [0.4, 0.5) is 0 Å². The van der Waals surface area contributed by atoms with Crippen molar-refractivity contribution in [3.63, 3.8) is 0 Å². The zero-order valence-electron chi connectivity index (χ0n) is 11.3. The van der Waals surface area contributed by atoms with Crippen molar-refractivity contribution in [2.24, 2.45) is 11.7 Å². The van der Waals surface area contributed by atoms with Crippen molar-refractivity contribution in [1.29, 1.82) is 0 Å². The van der Waals surface area contributed by atoms with Gasteiger partial charge in [-0.05, 0) is 12.8 Å². The predicted molar refractivity (Wildman–Crippen MR) is 76.5 cm³/mol. The first kappa shape index (κ1) is 14.2. The van der Waals surface area contributed by atoms with E-state index in [1.165, 1.54) is 0 Å². The zero-order chi connectivity index (χ0) is 14.0. The fourth-order valence-corrected chi connectivity index (χ4v) is 3.18. The van der Waals surface area contributed by atoms with Gasteiger partial charge in [-0.15, -0.1) is 0 Å². The van der Waals surface area contributed by atoms with Gasteiger partial charge in [0.1, 0.15) is 0 Å². The van der Waals surface area contributed by atoms with Gasteiger partial charge in [-0.2, -0.15) is 0 Å². The van der Waals surface area contributed by atoms with Gasteiger partial charge in [0.05, 0.1) is 10.9 Å². The second-order valence-corrected chi connectivity index (χ2v) is 5.78. The molecule has 2 amide bonds. The van der Waals surface area contributed by atoms with Crippen LogP contribution in [-0.4, -0.2) is 52.3 Å². The van der Waals surface area contributed by atoms with Crippen LogP contribution in [0.2, 0.25) is 0 Å². The molecule has 0 spiro atoms. The lowest BCUT2D eigenvalue weighted by Crippen LogP contribution is -2.55. The molecule has 0 radical (unpaired) electrons. The first-order valence-corrected chi connectivity index (χ1v) is 7.33. The van der Waals surface area contributed by atoms with E-state index in [-0.39, 0.29) is 28.8 Å². The van der Waals surface area contributed by atoms with E-state index in [2.05, 4.69) is 0 Å². The van der Waals surface area contributed by atoms with Gasteiger partial charge in [-0.3, -0.25) is 9.59 Å². The molecule has 6 heteroatoms. The van der Waals surface area contributed by atoms with Gasteiger partial charge >= 0.3 is 0 Å². The van der Waals surface area contributed by atoms with E-state index in [0.29, 0.717) is 32.5 Å². The fraction of sp³-hybridized carbons (Fsp3) is 0.769. The monoisotopic (exact) mass is 283 g/mol. The molecule has 0 aliphatic carbocycles. The SMILES string of the molecule is CCCC(C(=O)N1CCN2C(=O)CCC2C1)C(N)=S. The highest BCUT2D eigenvalue weighted by Gasteiger charge is 2.38. The first-order chi connectivity index (χ1) is 9.04. The summed E-state index contributed by atoms with van der Waals surface area (Å²) < 4.78 is 0. The summed E-state index contributed by atoms with van der Waals surface area (Å²) in [6, 6.07) is 0.193. The summed E-state index contributed by atoms with van der Waals surface area (Å²) >= 11 is 5.01. The third kappa shape index (κ3) is 2.88. The Morgan fingerprint density at radius 2 is 2.26 bits per heavy atom. The molecule has 2 unspecified atom stereocenters. The van der Waals surface area contributed by atoms with Crippen molar-refractivity contribution in [2.45, 2.75) is 38.6 Å². The van der Waals surface area contributed by atoms with Gasteiger partial charge in [0.2, 0.25) is 11.8 Å². The number of hydrogen-bond acceptors (Lipinski definition) is 3. The normalized spacial score (nSPS) is 24.3. The molecule has 0 aromatic carbocycles. The van der Waals surface area contributed by atoms with Crippen molar-refractivity contribution >= 4 is 29.0 Å². The van der Waals surface area contributed by atoms with Gasteiger partial charge in [-0.1, -0.05) is 25.6 Å². The van der Waals surface area contributed by atoms with Crippen LogP contribution >= 0.6 is 12.2 Å². The van der Waals surface area contributed by atoms with E-state index in [4.69, 9.17) is 18.0 Å². The number of thiocarbonyl (C=S) groups is 1. The van der Waals surface area contributed by atoms with Crippen molar-refractivity contribution in [3.8, 4) is 0 Å². The van der Waals surface area contributed by atoms with E-state index in [1.807, 2.05) is 16.7 Å². The first-order valence-electron chi connectivity index (χ1n) is 6.92. The molecule has 2 heterocycles. The maximum atomic E-state index is 12.5. The third-order valence-electron chi connectivity index (χ3n) is 4.03.